The summed E-state index contributed by atoms with van der Waals surface area (Å²) in [6.07, 6.45) is 10.5. The van der Waals surface area contributed by atoms with Crippen molar-refractivity contribution in [2.75, 3.05) is 6.54 Å². The summed E-state index contributed by atoms with van der Waals surface area (Å²) in [4.78, 5) is 13.0. The van der Waals surface area contributed by atoms with E-state index in [1.165, 1.54) is 43.2 Å². The Hall–Kier alpha value is -1.15. The molecule has 120 valence electrons. The Labute approximate surface area is 134 Å². The molecule has 0 aromatic heterocycles. The molecule has 2 heteroatoms. The molecule has 1 atom stereocenters. The highest BCUT2D eigenvalue weighted by molar-refractivity contribution is 5.99. The normalized spacial score (nSPS) is 22.3. The van der Waals surface area contributed by atoms with Crippen molar-refractivity contribution in [2.45, 2.75) is 70.8 Å². The van der Waals surface area contributed by atoms with Crippen LogP contribution in [-0.4, -0.2) is 18.4 Å². The van der Waals surface area contributed by atoms with Crippen LogP contribution in [0.15, 0.2) is 18.2 Å². The maximum absolute atomic E-state index is 13.0. The van der Waals surface area contributed by atoms with E-state index in [0.29, 0.717) is 11.8 Å². The summed E-state index contributed by atoms with van der Waals surface area (Å²) in [5, 5.41) is 3.65. The molecule has 0 saturated heterocycles. The highest BCUT2D eigenvalue weighted by Gasteiger charge is 2.27. The molecular weight excluding hydrogens is 270 g/mol. The van der Waals surface area contributed by atoms with E-state index >= 15 is 0 Å². The maximum atomic E-state index is 13.0. The Morgan fingerprint density at radius 2 is 2.00 bits per heavy atom. The Morgan fingerprint density at radius 3 is 2.77 bits per heavy atom. The minimum atomic E-state index is 0.282. The van der Waals surface area contributed by atoms with E-state index in [-0.39, 0.29) is 5.92 Å². The van der Waals surface area contributed by atoms with E-state index in [1.807, 2.05) is 0 Å². The first-order chi connectivity index (χ1) is 10.8. The second-order valence-electron chi connectivity index (χ2n) is 7.04. The first-order valence-electron chi connectivity index (χ1n) is 9.18. The lowest BCUT2D eigenvalue weighted by Gasteiger charge is -2.28. The number of carbonyl (C=O) groups excluding carboxylic acids is 1. The Morgan fingerprint density at radius 1 is 1.18 bits per heavy atom. The van der Waals surface area contributed by atoms with Gasteiger partial charge in [-0.3, -0.25) is 4.79 Å². The van der Waals surface area contributed by atoms with Crippen LogP contribution in [0, 0.1) is 5.92 Å². The largest absolute Gasteiger partial charge is 0.314 e. The Kier molecular flexibility index (Phi) is 5.30. The van der Waals surface area contributed by atoms with Gasteiger partial charge in [0.05, 0.1) is 0 Å². The van der Waals surface area contributed by atoms with Gasteiger partial charge >= 0.3 is 0 Å². The Balaban J connectivity index is 1.79. The zero-order chi connectivity index (χ0) is 15.4. The van der Waals surface area contributed by atoms with Crippen LogP contribution in [0.5, 0.6) is 0 Å². The highest BCUT2D eigenvalue weighted by Crippen LogP contribution is 2.31. The molecule has 0 radical (unpaired) electrons. The van der Waals surface area contributed by atoms with E-state index in [4.69, 9.17) is 0 Å². The van der Waals surface area contributed by atoms with Crippen molar-refractivity contribution in [3.63, 3.8) is 0 Å². The average molecular weight is 299 g/mol. The lowest BCUT2D eigenvalue weighted by molar-refractivity contribution is 0.0888. The van der Waals surface area contributed by atoms with Crippen LogP contribution in [0.1, 0.15) is 73.4 Å². The number of aryl methyl sites for hydroxylation is 1. The summed E-state index contributed by atoms with van der Waals surface area (Å²) >= 11 is 0. The smallest absolute Gasteiger partial charge is 0.166 e. The van der Waals surface area contributed by atoms with Crippen LogP contribution in [0.3, 0.4) is 0 Å². The molecule has 0 amide bonds. The maximum Gasteiger partial charge on any atom is 0.166 e. The van der Waals surface area contributed by atoms with Crippen molar-refractivity contribution in [1.29, 1.82) is 0 Å². The van der Waals surface area contributed by atoms with Gasteiger partial charge < -0.3 is 5.32 Å². The summed E-state index contributed by atoms with van der Waals surface area (Å²) < 4.78 is 0. The van der Waals surface area contributed by atoms with Gasteiger partial charge in [0.1, 0.15) is 0 Å². The molecule has 3 rings (SSSR count). The number of fused-ring (bicyclic) bond motifs is 1. The number of Topliss-reactive ketones (excluding diaryl/α,β-unsaturated/α-hetero) is 1. The van der Waals surface area contributed by atoms with Crippen LogP contribution in [0.2, 0.25) is 0 Å². The summed E-state index contributed by atoms with van der Waals surface area (Å²) in [7, 11) is 0. The predicted octanol–water partition coefficient (Wildman–Crippen LogP) is 4.31. The number of rotatable bonds is 5. The van der Waals surface area contributed by atoms with Gasteiger partial charge in [0.25, 0.3) is 0 Å². The minimum absolute atomic E-state index is 0.282. The van der Waals surface area contributed by atoms with Crippen molar-refractivity contribution in [1.82, 2.24) is 5.32 Å². The summed E-state index contributed by atoms with van der Waals surface area (Å²) in [5.74, 6) is 0.705. The molecule has 1 N–H and O–H groups in total. The fourth-order valence-electron chi connectivity index (χ4n) is 4.13. The second-order valence-corrected chi connectivity index (χ2v) is 7.04. The van der Waals surface area contributed by atoms with E-state index in [1.54, 1.807) is 0 Å². The monoisotopic (exact) mass is 299 g/mol. The van der Waals surface area contributed by atoms with Gasteiger partial charge in [-0.15, -0.1) is 0 Å². The molecule has 1 unspecified atom stereocenters. The van der Waals surface area contributed by atoms with Crippen LogP contribution >= 0.6 is 0 Å². The molecule has 1 saturated carbocycles. The summed E-state index contributed by atoms with van der Waals surface area (Å²) in [5.41, 5.74) is 3.79. The Bertz CT molecular complexity index is 516. The highest BCUT2D eigenvalue weighted by atomic mass is 16.1. The van der Waals surface area contributed by atoms with Gasteiger partial charge in [-0.1, -0.05) is 44.4 Å². The fourth-order valence-corrected chi connectivity index (χ4v) is 4.13. The summed E-state index contributed by atoms with van der Waals surface area (Å²) in [6, 6.07) is 6.95. The van der Waals surface area contributed by atoms with E-state index in [9.17, 15) is 4.79 Å². The molecular formula is C20H29NO. The minimum Gasteiger partial charge on any atom is -0.314 e. The van der Waals surface area contributed by atoms with Crippen molar-refractivity contribution >= 4 is 5.78 Å². The topological polar surface area (TPSA) is 29.1 Å². The predicted molar refractivity (Wildman–Crippen MR) is 91.5 cm³/mol. The lowest BCUT2D eigenvalue weighted by Crippen LogP contribution is -2.36. The zero-order valence-electron chi connectivity index (χ0n) is 13.9. The van der Waals surface area contributed by atoms with Crippen LogP contribution < -0.4 is 5.32 Å². The van der Waals surface area contributed by atoms with Crippen molar-refractivity contribution in [3.8, 4) is 0 Å². The third kappa shape index (κ3) is 3.43. The molecule has 2 aliphatic carbocycles. The van der Waals surface area contributed by atoms with E-state index in [2.05, 4.69) is 30.4 Å². The molecule has 0 spiro atoms. The van der Waals surface area contributed by atoms with Gasteiger partial charge in [0, 0.05) is 17.5 Å². The third-order valence-corrected chi connectivity index (χ3v) is 5.41. The molecule has 1 aromatic rings. The van der Waals surface area contributed by atoms with Gasteiger partial charge in [-0.25, -0.2) is 0 Å². The molecule has 0 heterocycles. The van der Waals surface area contributed by atoms with Crippen molar-refractivity contribution in [3.05, 3.63) is 34.9 Å². The van der Waals surface area contributed by atoms with E-state index < -0.39 is 0 Å². The zero-order valence-corrected chi connectivity index (χ0v) is 13.9. The molecule has 1 fully saturated rings. The number of nitrogens with one attached hydrogen (secondary N) is 1. The van der Waals surface area contributed by atoms with Crippen LogP contribution in [0.25, 0.3) is 0 Å². The second kappa shape index (κ2) is 7.41. The molecule has 0 aliphatic heterocycles. The number of hydrogen-bond acceptors (Lipinski definition) is 2. The lowest BCUT2D eigenvalue weighted by atomic mass is 9.79. The number of carbonyl (C=O) groups is 1. The molecule has 0 bridgehead atoms. The van der Waals surface area contributed by atoms with Gasteiger partial charge in [-0.05, 0) is 56.2 Å². The first kappa shape index (κ1) is 15.7. The third-order valence-electron chi connectivity index (χ3n) is 5.41. The fraction of sp³-hybridized carbons (Fsp3) is 0.650. The van der Waals surface area contributed by atoms with Gasteiger partial charge in [-0.2, -0.15) is 0 Å². The summed E-state index contributed by atoms with van der Waals surface area (Å²) in [6.45, 7) is 3.29. The molecule has 1 aromatic carbocycles. The van der Waals surface area contributed by atoms with Crippen LogP contribution in [0.4, 0.5) is 0 Å². The van der Waals surface area contributed by atoms with E-state index in [0.717, 1.165) is 37.8 Å². The first-order valence-corrected chi connectivity index (χ1v) is 9.18. The number of hydrogen-bond donors (Lipinski definition) is 1. The molecule has 2 aliphatic rings. The number of ketones is 1. The quantitative estimate of drug-likeness (QED) is 0.821. The van der Waals surface area contributed by atoms with Crippen molar-refractivity contribution < 1.29 is 4.79 Å². The van der Waals surface area contributed by atoms with Crippen molar-refractivity contribution in [2.24, 2.45) is 5.92 Å². The number of benzene rings is 1. The molecule has 2 nitrogen and oxygen atoms in total. The van der Waals surface area contributed by atoms with Gasteiger partial charge in [0.15, 0.2) is 5.78 Å². The van der Waals surface area contributed by atoms with Gasteiger partial charge in [0.2, 0.25) is 0 Å². The van der Waals surface area contributed by atoms with Crippen LogP contribution in [-0.2, 0) is 12.8 Å². The average Bonchev–Trinajstić information content (AvgIpc) is 2.59. The molecule has 22 heavy (non-hydrogen) atoms. The SMILES string of the molecule is CCCNC1CCc2cccc(C(=O)C3CCCCC3)c2C1. The standard InChI is InChI=1S/C20H29NO/c1-2-13-21-17-12-11-15-9-6-10-18(19(15)14-17)20(22)16-7-4-3-5-8-16/h6,9-10,16-17,21H,2-5,7-8,11-14H2,1H3.